The SMILES string of the molecule is COc1cc(-c2nccc(-c3cc4n(n3)CCNC4=O)n2)cc(Br)c1OC(=O)c1ccccc1. The fourth-order valence-corrected chi connectivity index (χ4v) is 4.10. The normalized spacial score (nSPS) is 12.6. The van der Waals surface area contributed by atoms with Gasteiger partial charge in [-0.15, -0.1) is 0 Å². The van der Waals surface area contributed by atoms with Gasteiger partial charge in [0, 0.05) is 18.3 Å². The third kappa shape index (κ3) is 4.15. The second-order valence-electron chi connectivity index (χ2n) is 7.40. The molecule has 0 aliphatic carbocycles. The number of carbonyl (C=O) groups excluding carboxylic acids is 2. The number of halogens is 1. The summed E-state index contributed by atoms with van der Waals surface area (Å²) in [6.45, 7) is 1.14. The van der Waals surface area contributed by atoms with Crippen LogP contribution in [0.3, 0.4) is 0 Å². The number of aromatic nitrogens is 4. The zero-order chi connectivity index (χ0) is 23.7. The highest BCUT2D eigenvalue weighted by Crippen LogP contribution is 2.39. The van der Waals surface area contributed by atoms with Gasteiger partial charge in [0.05, 0.1) is 29.4 Å². The van der Waals surface area contributed by atoms with E-state index in [9.17, 15) is 9.59 Å². The van der Waals surface area contributed by atoms with Crippen molar-refractivity contribution in [3.63, 3.8) is 0 Å². The van der Waals surface area contributed by atoms with Gasteiger partial charge < -0.3 is 14.8 Å². The first-order chi connectivity index (χ1) is 16.5. The van der Waals surface area contributed by atoms with E-state index in [1.54, 1.807) is 59.4 Å². The fourth-order valence-electron chi connectivity index (χ4n) is 3.58. The summed E-state index contributed by atoms with van der Waals surface area (Å²) >= 11 is 3.47. The monoisotopic (exact) mass is 519 g/mol. The Balaban J connectivity index is 1.47. The number of fused-ring (bicyclic) bond motifs is 1. The lowest BCUT2D eigenvalue weighted by atomic mass is 10.1. The molecule has 1 N–H and O–H groups in total. The van der Waals surface area contributed by atoms with Gasteiger partial charge >= 0.3 is 5.97 Å². The van der Waals surface area contributed by atoms with Crippen molar-refractivity contribution in [2.24, 2.45) is 0 Å². The molecule has 1 amide bonds. The van der Waals surface area contributed by atoms with E-state index in [4.69, 9.17) is 9.47 Å². The van der Waals surface area contributed by atoms with Gasteiger partial charge in [0.2, 0.25) is 0 Å². The summed E-state index contributed by atoms with van der Waals surface area (Å²) in [5, 5.41) is 7.31. The maximum atomic E-state index is 12.5. The third-order valence-corrected chi connectivity index (χ3v) is 5.82. The number of methoxy groups -OCH3 is 1. The van der Waals surface area contributed by atoms with Crippen LogP contribution < -0.4 is 14.8 Å². The molecule has 34 heavy (non-hydrogen) atoms. The smallest absolute Gasteiger partial charge is 0.343 e. The van der Waals surface area contributed by atoms with E-state index in [1.807, 2.05) is 6.07 Å². The summed E-state index contributed by atoms with van der Waals surface area (Å²) in [5.74, 6) is 0.362. The first-order valence-corrected chi connectivity index (χ1v) is 11.2. The van der Waals surface area contributed by atoms with Gasteiger partial charge in [0.25, 0.3) is 5.91 Å². The minimum atomic E-state index is -0.501. The second-order valence-corrected chi connectivity index (χ2v) is 8.26. The third-order valence-electron chi connectivity index (χ3n) is 5.23. The number of carbonyl (C=O) groups is 2. The summed E-state index contributed by atoms with van der Waals surface area (Å²) in [5.41, 5.74) is 2.72. The average Bonchev–Trinajstić information content (AvgIpc) is 3.31. The zero-order valence-corrected chi connectivity index (χ0v) is 19.6. The molecule has 3 heterocycles. The molecule has 1 aliphatic rings. The Morgan fingerprint density at radius 1 is 1.12 bits per heavy atom. The van der Waals surface area contributed by atoms with Crippen LogP contribution in [0.15, 0.2) is 65.3 Å². The van der Waals surface area contributed by atoms with Gasteiger partial charge in [-0.3, -0.25) is 9.48 Å². The lowest BCUT2D eigenvalue weighted by Gasteiger charge is -2.13. The van der Waals surface area contributed by atoms with Crippen molar-refractivity contribution in [1.29, 1.82) is 0 Å². The van der Waals surface area contributed by atoms with Crippen molar-refractivity contribution in [2.75, 3.05) is 13.7 Å². The maximum absolute atomic E-state index is 12.5. The number of hydrogen-bond donors (Lipinski definition) is 1. The zero-order valence-electron chi connectivity index (χ0n) is 18.0. The van der Waals surface area contributed by atoms with Crippen LogP contribution in [0.5, 0.6) is 11.5 Å². The second kappa shape index (κ2) is 9.06. The van der Waals surface area contributed by atoms with E-state index in [2.05, 4.69) is 36.3 Å². The van der Waals surface area contributed by atoms with Crippen LogP contribution in [0.4, 0.5) is 0 Å². The van der Waals surface area contributed by atoms with Crippen LogP contribution in [0.2, 0.25) is 0 Å². The molecule has 0 fully saturated rings. The first-order valence-electron chi connectivity index (χ1n) is 10.4. The van der Waals surface area contributed by atoms with E-state index >= 15 is 0 Å². The molecule has 0 radical (unpaired) electrons. The van der Waals surface area contributed by atoms with Crippen molar-refractivity contribution < 1.29 is 19.1 Å². The molecule has 0 atom stereocenters. The van der Waals surface area contributed by atoms with E-state index in [0.717, 1.165) is 0 Å². The van der Waals surface area contributed by atoms with Crippen LogP contribution in [0.25, 0.3) is 22.8 Å². The van der Waals surface area contributed by atoms with Gasteiger partial charge in [-0.05, 0) is 52.3 Å². The van der Waals surface area contributed by atoms with Crippen LogP contribution in [-0.2, 0) is 6.54 Å². The molecule has 0 spiro atoms. The predicted octanol–water partition coefficient (Wildman–Crippen LogP) is 3.74. The minimum absolute atomic E-state index is 0.159. The van der Waals surface area contributed by atoms with E-state index in [-0.39, 0.29) is 11.7 Å². The first kappa shape index (κ1) is 21.8. The van der Waals surface area contributed by atoms with E-state index < -0.39 is 5.97 Å². The molecule has 1 aliphatic heterocycles. The highest BCUT2D eigenvalue weighted by Gasteiger charge is 2.22. The molecule has 9 nitrogen and oxygen atoms in total. The Bertz CT molecular complexity index is 1400. The van der Waals surface area contributed by atoms with Crippen LogP contribution >= 0.6 is 15.9 Å². The number of nitrogens with zero attached hydrogens (tertiary/aromatic N) is 4. The van der Waals surface area contributed by atoms with Gasteiger partial charge in [-0.2, -0.15) is 5.10 Å². The highest BCUT2D eigenvalue weighted by molar-refractivity contribution is 9.10. The summed E-state index contributed by atoms with van der Waals surface area (Å²) in [6, 6.07) is 15.6. The molecule has 0 saturated carbocycles. The lowest BCUT2D eigenvalue weighted by molar-refractivity contribution is 0.0728. The van der Waals surface area contributed by atoms with Gasteiger partial charge in [-0.25, -0.2) is 14.8 Å². The molecule has 0 bridgehead atoms. The summed E-state index contributed by atoms with van der Waals surface area (Å²) in [4.78, 5) is 33.6. The summed E-state index contributed by atoms with van der Waals surface area (Å²) in [7, 11) is 1.49. The Morgan fingerprint density at radius 3 is 2.71 bits per heavy atom. The van der Waals surface area contributed by atoms with Crippen molar-refractivity contribution in [2.45, 2.75) is 6.54 Å². The molecule has 0 saturated heterocycles. The van der Waals surface area contributed by atoms with Crippen LogP contribution in [0, 0.1) is 0 Å². The lowest BCUT2D eigenvalue weighted by Crippen LogP contribution is -2.35. The Hall–Kier alpha value is -4.05. The van der Waals surface area contributed by atoms with E-state index in [0.29, 0.717) is 57.3 Å². The molecule has 2 aromatic heterocycles. The number of amides is 1. The quantitative estimate of drug-likeness (QED) is 0.316. The highest BCUT2D eigenvalue weighted by atomic mass is 79.9. The van der Waals surface area contributed by atoms with Crippen molar-refractivity contribution in [3.8, 4) is 34.3 Å². The Kier molecular flexibility index (Phi) is 5.81. The van der Waals surface area contributed by atoms with Gasteiger partial charge in [0.15, 0.2) is 17.3 Å². The largest absolute Gasteiger partial charge is 0.493 e. The number of esters is 1. The minimum Gasteiger partial charge on any atom is -0.493 e. The number of ether oxygens (including phenoxy) is 2. The fraction of sp³-hybridized carbons (Fsp3) is 0.125. The molecule has 0 unspecified atom stereocenters. The Labute approximate surface area is 202 Å². The summed E-state index contributed by atoms with van der Waals surface area (Å²) < 4.78 is 13.3. The molecule has 170 valence electrons. The molecule has 4 aromatic rings. The van der Waals surface area contributed by atoms with Crippen molar-refractivity contribution in [1.82, 2.24) is 25.1 Å². The topological polar surface area (TPSA) is 108 Å². The number of hydrogen-bond acceptors (Lipinski definition) is 7. The summed E-state index contributed by atoms with van der Waals surface area (Å²) in [6.07, 6.45) is 1.62. The standard InChI is InChI=1S/C24H18BrN5O4/c1-33-20-12-15(11-16(25)21(20)34-24(32)14-5-3-2-4-6-14)22-26-8-7-17(28-22)18-13-19-23(31)27-9-10-30(19)29-18/h2-8,11-13H,9-10H2,1H3,(H,27,31). The number of nitrogens with one attached hydrogen (secondary N) is 1. The van der Waals surface area contributed by atoms with Gasteiger partial charge in [-0.1, -0.05) is 18.2 Å². The number of rotatable bonds is 5. The predicted molar refractivity (Wildman–Crippen MR) is 127 cm³/mol. The number of benzene rings is 2. The van der Waals surface area contributed by atoms with Crippen LogP contribution in [-0.4, -0.2) is 45.3 Å². The van der Waals surface area contributed by atoms with Crippen LogP contribution in [0.1, 0.15) is 20.8 Å². The molecule has 2 aromatic carbocycles. The van der Waals surface area contributed by atoms with Crippen molar-refractivity contribution in [3.05, 3.63) is 76.5 Å². The van der Waals surface area contributed by atoms with Crippen molar-refractivity contribution >= 4 is 27.8 Å². The molecule has 5 rings (SSSR count). The van der Waals surface area contributed by atoms with Gasteiger partial charge in [0.1, 0.15) is 11.4 Å². The molecular weight excluding hydrogens is 502 g/mol. The van der Waals surface area contributed by atoms with E-state index in [1.165, 1.54) is 7.11 Å². The molecular formula is C24H18BrN5O4. The average molecular weight is 520 g/mol. The maximum Gasteiger partial charge on any atom is 0.343 e. The Morgan fingerprint density at radius 2 is 1.94 bits per heavy atom. The molecule has 10 heteroatoms.